The van der Waals surface area contributed by atoms with Crippen molar-refractivity contribution < 1.29 is 22.8 Å². The Kier molecular flexibility index (Phi) is 6.26. The molecule has 2 aromatic heterocycles. The van der Waals surface area contributed by atoms with Gasteiger partial charge in [-0.3, -0.25) is 14.3 Å². The van der Waals surface area contributed by atoms with Crippen molar-refractivity contribution in [3.05, 3.63) is 65.5 Å². The molecule has 0 saturated heterocycles. The second-order valence-electron chi connectivity index (χ2n) is 7.13. The molecule has 1 aliphatic heterocycles. The third kappa shape index (κ3) is 4.31. The van der Waals surface area contributed by atoms with E-state index in [1.807, 2.05) is 6.92 Å². The number of carbonyl (C=O) groups is 2. The first-order valence-corrected chi connectivity index (χ1v) is 9.32. The number of hydrogen-bond acceptors (Lipinski definition) is 5. The van der Waals surface area contributed by atoms with E-state index in [1.54, 1.807) is 6.92 Å². The Morgan fingerprint density at radius 3 is 2.34 bits per heavy atom. The minimum Gasteiger partial charge on any atom is -0.319 e. The number of nitrogens with zero attached hydrogens (tertiary/aromatic N) is 5. The van der Waals surface area contributed by atoms with E-state index < -0.39 is 23.6 Å². The summed E-state index contributed by atoms with van der Waals surface area (Å²) in [6, 6.07) is 4.10. The lowest BCUT2D eigenvalue weighted by Gasteiger charge is -2.32. The zero-order valence-corrected chi connectivity index (χ0v) is 18.0. The highest BCUT2D eigenvalue weighted by Crippen LogP contribution is 2.33. The fourth-order valence-corrected chi connectivity index (χ4v) is 3.31. The maximum Gasteiger partial charge on any atom is 0.416 e. The van der Waals surface area contributed by atoms with Gasteiger partial charge in [-0.05, 0) is 38.1 Å². The molecule has 0 bridgehead atoms. The molecule has 1 aromatic carbocycles. The Morgan fingerprint density at radius 2 is 1.75 bits per heavy atom. The number of aromatic nitrogens is 4. The van der Waals surface area contributed by atoms with Crippen LogP contribution in [-0.4, -0.2) is 38.1 Å². The van der Waals surface area contributed by atoms with E-state index in [4.69, 9.17) is 0 Å². The number of amides is 2. The number of fused-ring (bicyclic) bond motifs is 1. The number of rotatable bonds is 3. The summed E-state index contributed by atoms with van der Waals surface area (Å²) in [5.74, 6) is -0.482. The highest BCUT2D eigenvalue weighted by Gasteiger charge is 2.35. The Balaban J connectivity index is 0.00000289. The molecule has 0 saturated carbocycles. The van der Waals surface area contributed by atoms with E-state index in [0.717, 1.165) is 12.1 Å². The topological polar surface area (TPSA) is 93.0 Å². The summed E-state index contributed by atoms with van der Waals surface area (Å²) in [6.07, 6.45) is -0.362. The first-order chi connectivity index (χ1) is 14.6. The van der Waals surface area contributed by atoms with Crippen molar-refractivity contribution in [2.45, 2.75) is 26.1 Å². The average Bonchev–Trinajstić information content (AvgIpc) is 3.15. The highest BCUT2D eigenvalue weighted by atomic mass is 32.1. The number of halogens is 3. The molecule has 0 unspecified atom stereocenters. The number of hydrogen-bond donors (Lipinski definition) is 1. The van der Waals surface area contributed by atoms with E-state index in [9.17, 15) is 22.8 Å². The number of anilines is 2. The van der Waals surface area contributed by atoms with Gasteiger partial charge in [0.1, 0.15) is 5.82 Å². The van der Waals surface area contributed by atoms with Gasteiger partial charge >= 0.3 is 6.18 Å². The minimum atomic E-state index is -4.46. The van der Waals surface area contributed by atoms with Crippen molar-refractivity contribution in [1.29, 1.82) is 0 Å². The van der Waals surface area contributed by atoms with Gasteiger partial charge in [0.05, 0.1) is 29.1 Å². The number of nitrogens with one attached hydrogen (secondary N) is 1. The molecule has 3 aromatic rings. The van der Waals surface area contributed by atoms with Crippen molar-refractivity contribution in [3.8, 4) is 0 Å². The van der Waals surface area contributed by atoms with Crippen LogP contribution in [0.1, 0.15) is 45.2 Å². The molecule has 0 radical (unpaired) electrons. The lowest BCUT2D eigenvalue weighted by atomic mass is 10.1. The summed E-state index contributed by atoms with van der Waals surface area (Å²) in [4.78, 5) is 35.0. The third-order valence-electron chi connectivity index (χ3n) is 4.91. The molecule has 32 heavy (non-hydrogen) atoms. The number of carbonyl (C=O) groups excluding carboxylic acids is 2. The summed E-state index contributed by atoms with van der Waals surface area (Å²) < 4.78 is 40.0. The molecule has 12 heteroatoms. The first kappa shape index (κ1) is 23.3. The van der Waals surface area contributed by atoms with Crippen LogP contribution in [0.2, 0.25) is 0 Å². The summed E-state index contributed by atoms with van der Waals surface area (Å²) >= 11 is 0. The third-order valence-corrected chi connectivity index (χ3v) is 4.91. The Morgan fingerprint density at radius 1 is 1.12 bits per heavy atom. The minimum absolute atomic E-state index is 0. The number of aryl methyl sites for hydroxylation is 1. The predicted octanol–water partition coefficient (Wildman–Crippen LogP) is 3.59. The maximum atomic E-state index is 13.2. The second kappa shape index (κ2) is 8.61. The standard InChI is InChI=1S/C20H17F3N6O2.H2S/c1-11-10-28(15-5-3-14(4-6-15)20(21,22)23)19(31)17-16(9-26-29(11)17)27-18(30)13-7-24-12(2)25-8-13;/h3-9,11H,10H2,1-2H3,(H,27,30);1H2/t11-;/m0./s1. The molecule has 0 aliphatic carbocycles. The Bertz CT molecular complexity index is 1150. The van der Waals surface area contributed by atoms with Crippen molar-refractivity contribution in [3.63, 3.8) is 0 Å². The molecule has 0 spiro atoms. The average molecular weight is 464 g/mol. The van der Waals surface area contributed by atoms with Gasteiger partial charge < -0.3 is 10.2 Å². The molecule has 3 heterocycles. The second-order valence-corrected chi connectivity index (χ2v) is 7.13. The van der Waals surface area contributed by atoms with Crippen LogP contribution < -0.4 is 10.2 Å². The van der Waals surface area contributed by atoms with Crippen LogP contribution in [-0.2, 0) is 6.18 Å². The quantitative estimate of drug-likeness (QED) is 0.640. The van der Waals surface area contributed by atoms with Gasteiger partial charge in [0.2, 0.25) is 0 Å². The molecule has 1 aliphatic rings. The molecular formula is C20H19F3N6O2S. The van der Waals surface area contributed by atoms with Crippen LogP contribution in [0.25, 0.3) is 0 Å². The fourth-order valence-electron chi connectivity index (χ4n) is 3.31. The summed E-state index contributed by atoms with van der Waals surface area (Å²) in [5.41, 5.74) is 0.0640. The molecule has 1 N–H and O–H groups in total. The van der Waals surface area contributed by atoms with Gasteiger partial charge in [0, 0.05) is 24.6 Å². The van der Waals surface area contributed by atoms with Gasteiger partial charge in [-0.15, -0.1) is 0 Å². The molecule has 8 nitrogen and oxygen atoms in total. The van der Waals surface area contributed by atoms with Crippen molar-refractivity contribution in [1.82, 2.24) is 19.7 Å². The van der Waals surface area contributed by atoms with Crippen molar-refractivity contribution in [2.75, 3.05) is 16.8 Å². The summed E-state index contributed by atoms with van der Waals surface area (Å²) in [7, 11) is 0. The van der Waals surface area contributed by atoms with Crippen LogP contribution in [0.5, 0.6) is 0 Å². The Labute approximate surface area is 187 Å². The van der Waals surface area contributed by atoms with Gasteiger partial charge in [-0.1, -0.05) is 0 Å². The maximum absolute atomic E-state index is 13.2. The van der Waals surface area contributed by atoms with Crippen LogP contribution in [0.3, 0.4) is 0 Å². The van der Waals surface area contributed by atoms with Crippen LogP contribution in [0.15, 0.2) is 42.9 Å². The van der Waals surface area contributed by atoms with Crippen LogP contribution in [0.4, 0.5) is 24.5 Å². The number of alkyl halides is 3. The van der Waals surface area contributed by atoms with Crippen LogP contribution >= 0.6 is 13.5 Å². The molecule has 2 amide bonds. The van der Waals surface area contributed by atoms with Gasteiger partial charge in [-0.2, -0.15) is 31.8 Å². The number of benzene rings is 1. The zero-order chi connectivity index (χ0) is 22.3. The van der Waals surface area contributed by atoms with Gasteiger partial charge in [-0.25, -0.2) is 9.97 Å². The van der Waals surface area contributed by atoms with E-state index in [2.05, 4.69) is 20.4 Å². The normalized spacial score (nSPS) is 15.7. The monoisotopic (exact) mass is 464 g/mol. The first-order valence-electron chi connectivity index (χ1n) is 9.32. The van der Waals surface area contributed by atoms with Gasteiger partial charge in [0.25, 0.3) is 11.8 Å². The zero-order valence-electron chi connectivity index (χ0n) is 17.0. The fraction of sp³-hybridized carbons (Fsp3) is 0.250. The SMILES string of the molecule is Cc1ncc(C(=O)Nc2cnn3c2C(=O)N(c2ccc(C(F)(F)F)cc2)C[C@@H]3C)cn1.S. The molecule has 168 valence electrons. The van der Waals surface area contributed by atoms with Crippen molar-refractivity contribution in [2.24, 2.45) is 0 Å². The largest absolute Gasteiger partial charge is 0.416 e. The molecular weight excluding hydrogens is 445 g/mol. The lowest BCUT2D eigenvalue weighted by Crippen LogP contribution is -2.43. The summed E-state index contributed by atoms with van der Waals surface area (Å²) in [6.45, 7) is 3.73. The van der Waals surface area contributed by atoms with E-state index in [-0.39, 0.29) is 43.0 Å². The lowest BCUT2D eigenvalue weighted by molar-refractivity contribution is -0.137. The molecule has 1 atom stereocenters. The predicted molar refractivity (Wildman–Crippen MR) is 115 cm³/mol. The summed E-state index contributed by atoms with van der Waals surface area (Å²) in [5, 5.41) is 6.84. The van der Waals surface area contributed by atoms with Gasteiger partial charge in [0.15, 0.2) is 5.69 Å². The molecule has 4 rings (SSSR count). The van der Waals surface area contributed by atoms with E-state index >= 15 is 0 Å². The molecule has 0 fully saturated rings. The van der Waals surface area contributed by atoms with Crippen molar-refractivity contribution >= 4 is 36.7 Å². The Hall–Kier alpha value is -3.41. The highest BCUT2D eigenvalue weighted by molar-refractivity contribution is 7.59. The van der Waals surface area contributed by atoms with E-state index in [1.165, 1.54) is 40.3 Å². The van der Waals surface area contributed by atoms with Crippen LogP contribution in [0, 0.1) is 6.92 Å². The van der Waals surface area contributed by atoms with E-state index in [0.29, 0.717) is 11.5 Å². The smallest absolute Gasteiger partial charge is 0.319 e.